The minimum Gasteiger partial charge on any atom is -0.476 e. The zero-order valence-electron chi connectivity index (χ0n) is 14.1. The number of hydrogen-bond acceptors (Lipinski definition) is 7. The highest BCUT2D eigenvalue weighted by atomic mass is 32.2. The Balaban J connectivity index is 1.44. The first-order valence-corrected chi connectivity index (χ1v) is 10.2. The maximum atomic E-state index is 12.1. The molecule has 1 aliphatic heterocycles. The fourth-order valence-electron chi connectivity index (χ4n) is 2.84. The lowest BCUT2D eigenvalue weighted by atomic mass is 10.2. The highest BCUT2D eigenvalue weighted by Gasteiger charge is 2.30. The minimum atomic E-state index is -1.01. The average Bonchev–Trinajstić information content (AvgIpc) is 3.24. The van der Waals surface area contributed by atoms with Gasteiger partial charge in [0.2, 0.25) is 5.91 Å². The molecule has 3 heterocycles. The Bertz CT molecular complexity index is 753. The lowest BCUT2D eigenvalue weighted by Gasteiger charge is -2.24. The number of carboxylic acids is 1. The van der Waals surface area contributed by atoms with Gasteiger partial charge in [-0.3, -0.25) is 9.78 Å². The molecule has 2 aromatic rings. The molecule has 0 saturated carbocycles. The number of carbonyl (C=O) groups is 2. The highest BCUT2D eigenvalue weighted by Crippen LogP contribution is 2.24. The summed E-state index contributed by atoms with van der Waals surface area (Å²) in [6.45, 7) is 2.07. The fraction of sp³-hybridized carbons (Fsp3) is 0.412. The van der Waals surface area contributed by atoms with Gasteiger partial charge in [0, 0.05) is 49.4 Å². The van der Waals surface area contributed by atoms with Gasteiger partial charge < -0.3 is 15.3 Å². The lowest BCUT2D eigenvalue weighted by Crippen LogP contribution is -2.41. The van der Waals surface area contributed by atoms with Crippen LogP contribution in [0.15, 0.2) is 34.1 Å². The number of thioether (sulfide) groups is 1. The van der Waals surface area contributed by atoms with Crippen molar-refractivity contribution in [3.05, 3.63) is 41.2 Å². The van der Waals surface area contributed by atoms with Gasteiger partial charge in [-0.1, -0.05) is 17.8 Å². The van der Waals surface area contributed by atoms with E-state index in [-0.39, 0.29) is 17.6 Å². The summed E-state index contributed by atoms with van der Waals surface area (Å²) in [7, 11) is 0. The zero-order valence-corrected chi connectivity index (χ0v) is 15.8. The zero-order chi connectivity index (χ0) is 18.4. The van der Waals surface area contributed by atoms with E-state index in [4.69, 9.17) is 5.11 Å². The molecule has 9 heteroatoms. The number of pyridine rings is 1. The minimum absolute atomic E-state index is 0.0753. The second-order valence-corrected chi connectivity index (χ2v) is 8.08. The summed E-state index contributed by atoms with van der Waals surface area (Å²) in [6, 6.07) is 6.01. The molecule has 2 N–H and O–H groups in total. The Morgan fingerprint density at radius 1 is 1.46 bits per heavy atom. The smallest absolute Gasteiger partial charge is 0.355 e. The van der Waals surface area contributed by atoms with Gasteiger partial charge in [-0.25, -0.2) is 9.78 Å². The number of carboxylic acid groups (broad SMARTS) is 1. The molecule has 1 amide bonds. The van der Waals surface area contributed by atoms with E-state index in [0.29, 0.717) is 25.3 Å². The Hall–Kier alpha value is -1.97. The van der Waals surface area contributed by atoms with Crippen molar-refractivity contribution in [3.8, 4) is 0 Å². The third-order valence-electron chi connectivity index (χ3n) is 4.12. The normalized spacial score (nSPS) is 17.0. The Morgan fingerprint density at radius 3 is 3.08 bits per heavy atom. The molecule has 0 radical (unpaired) electrons. The first-order chi connectivity index (χ1) is 12.6. The third-order valence-corrected chi connectivity index (χ3v) is 6.13. The van der Waals surface area contributed by atoms with Crippen LogP contribution in [-0.4, -0.2) is 56.7 Å². The second kappa shape index (κ2) is 9.11. The number of likely N-dealkylation sites (tertiary alicyclic amines) is 1. The van der Waals surface area contributed by atoms with Gasteiger partial charge in [0.1, 0.15) is 0 Å². The molecule has 0 bridgehead atoms. The van der Waals surface area contributed by atoms with Gasteiger partial charge in [-0.15, -0.1) is 11.3 Å². The van der Waals surface area contributed by atoms with Crippen molar-refractivity contribution in [2.45, 2.75) is 29.8 Å². The van der Waals surface area contributed by atoms with Gasteiger partial charge in [-0.2, -0.15) is 0 Å². The molecule has 2 aromatic heterocycles. The van der Waals surface area contributed by atoms with Crippen LogP contribution >= 0.6 is 23.1 Å². The quantitative estimate of drug-likeness (QED) is 0.631. The molecule has 0 aliphatic carbocycles. The van der Waals surface area contributed by atoms with Crippen LogP contribution in [0.3, 0.4) is 0 Å². The fourth-order valence-corrected chi connectivity index (χ4v) is 4.64. The lowest BCUT2D eigenvalue weighted by molar-refractivity contribution is -0.128. The van der Waals surface area contributed by atoms with E-state index in [2.05, 4.69) is 15.3 Å². The van der Waals surface area contributed by atoms with Crippen LogP contribution in [0.2, 0.25) is 0 Å². The molecule has 1 atom stereocenters. The van der Waals surface area contributed by atoms with Gasteiger partial charge in [-0.05, 0) is 18.6 Å². The second-order valence-electron chi connectivity index (χ2n) is 5.88. The SMILES string of the molecule is O=C(O)c1csc(SCCN2C(=O)CCC2CNCc2ccccn2)n1. The summed E-state index contributed by atoms with van der Waals surface area (Å²) >= 11 is 2.81. The van der Waals surface area contributed by atoms with E-state index in [1.807, 2.05) is 23.1 Å². The van der Waals surface area contributed by atoms with E-state index in [1.54, 1.807) is 6.20 Å². The van der Waals surface area contributed by atoms with Gasteiger partial charge >= 0.3 is 5.97 Å². The molecular formula is C17H20N4O3S2. The number of aromatic carboxylic acids is 1. The van der Waals surface area contributed by atoms with E-state index in [1.165, 1.54) is 28.5 Å². The molecule has 1 aliphatic rings. The summed E-state index contributed by atoms with van der Waals surface area (Å²) in [5, 5.41) is 13.8. The number of nitrogens with zero attached hydrogens (tertiary/aromatic N) is 3. The van der Waals surface area contributed by atoms with Crippen molar-refractivity contribution in [1.82, 2.24) is 20.2 Å². The molecule has 7 nitrogen and oxygen atoms in total. The molecule has 1 saturated heterocycles. The number of nitrogens with one attached hydrogen (secondary N) is 1. The summed E-state index contributed by atoms with van der Waals surface area (Å²) < 4.78 is 0.721. The van der Waals surface area contributed by atoms with Crippen LogP contribution in [0.4, 0.5) is 0 Å². The predicted molar refractivity (Wildman–Crippen MR) is 100 cm³/mol. The molecular weight excluding hydrogens is 372 g/mol. The van der Waals surface area contributed by atoms with Crippen molar-refractivity contribution < 1.29 is 14.7 Å². The standard InChI is InChI=1S/C17H20N4O3S2/c22-15-5-4-13(10-18-9-12-3-1-2-6-19-12)21(15)7-8-25-17-20-14(11-26-17)16(23)24/h1-3,6,11,13,18H,4-5,7-10H2,(H,23,24). The largest absolute Gasteiger partial charge is 0.476 e. The number of thiazole rings is 1. The molecule has 0 aromatic carbocycles. The predicted octanol–water partition coefficient (Wildman–Crippen LogP) is 2.11. The van der Waals surface area contributed by atoms with E-state index in [9.17, 15) is 9.59 Å². The van der Waals surface area contributed by atoms with Gasteiger partial charge in [0.05, 0.1) is 5.69 Å². The average molecular weight is 393 g/mol. The van der Waals surface area contributed by atoms with Crippen molar-refractivity contribution in [2.24, 2.45) is 0 Å². The number of carbonyl (C=O) groups excluding carboxylic acids is 1. The van der Waals surface area contributed by atoms with Crippen LogP contribution < -0.4 is 5.32 Å². The summed E-state index contributed by atoms with van der Waals surface area (Å²) in [5.74, 6) is -0.128. The number of amides is 1. The summed E-state index contributed by atoms with van der Waals surface area (Å²) in [4.78, 5) is 33.3. The van der Waals surface area contributed by atoms with Crippen LogP contribution in [0.5, 0.6) is 0 Å². The third kappa shape index (κ3) is 5.03. The van der Waals surface area contributed by atoms with Crippen LogP contribution in [-0.2, 0) is 11.3 Å². The Kier molecular flexibility index (Phi) is 6.59. The monoisotopic (exact) mass is 392 g/mol. The van der Waals surface area contributed by atoms with Crippen LogP contribution in [0.1, 0.15) is 29.0 Å². The Morgan fingerprint density at radius 2 is 2.35 bits per heavy atom. The molecule has 0 spiro atoms. The summed E-state index contributed by atoms with van der Waals surface area (Å²) in [5.41, 5.74) is 1.06. The van der Waals surface area contributed by atoms with Crippen molar-refractivity contribution in [3.63, 3.8) is 0 Å². The first kappa shape index (κ1) is 18.8. The number of hydrogen-bond donors (Lipinski definition) is 2. The van der Waals surface area contributed by atoms with E-state index in [0.717, 1.165) is 23.0 Å². The van der Waals surface area contributed by atoms with Crippen molar-refractivity contribution in [2.75, 3.05) is 18.8 Å². The molecule has 138 valence electrons. The van der Waals surface area contributed by atoms with Gasteiger partial charge in [0.25, 0.3) is 0 Å². The highest BCUT2D eigenvalue weighted by molar-refractivity contribution is 8.01. The van der Waals surface area contributed by atoms with Gasteiger partial charge in [0.15, 0.2) is 10.0 Å². The summed E-state index contributed by atoms with van der Waals surface area (Å²) in [6.07, 6.45) is 3.22. The molecule has 1 fully saturated rings. The number of rotatable bonds is 9. The van der Waals surface area contributed by atoms with E-state index < -0.39 is 5.97 Å². The molecule has 26 heavy (non-hydrogen) atoms. The van der Waals surface area contributed by atoms with Crippen molar-refractivity contribution in [1.29, 1.82) is 0 Å². The van der Waals surface area contributed by atoms with Crippen LogP contribution in [0, 0.1) is 0 Å². The topological polar surface area (TPSA) is 95.4 Å². The van der Waals surface area contributed by atoms with Crippen LogP contribution in [0.25, 0.3) is 0 Å². The molecule has 3 rings (SSSR count). The number of aromatic nitrogens is 2. The molecule has 1 unspecified atom stereocenters. The maximum Gasteiger partial charge on any atom is 0.355 e. The Labute approximate surface area is 159 Å². The first-order valence-electron chi connectivity index (χ1n) is 8.35. The van der Waals surface area contributed by atoms with E-state index >= 15 is 0 Å². The van der Waals surface area contributed by atoms with Crippen molar-refractivity contribution >= 4 is 35.0 Å². The maximum absolute atomic E-state index is 12.1.